The van der Waals surface area contributed by atoms with E-state index in [1.165, 1.54) is 22.2 Å². The van der Waals surface area contributed by atoms with Gasteiger partial charge in [0.05, 0.1) is 6.04 Å². The van der Waals surface area contributed by atoms with Crippen molar-refractivity contribution in [2.75, 3.05) is 0 Å². The fourth-order valence-electron chi connectivity index (χ4n) is 4.19. The second-order valence-corrected chi connectivity index (χ2v) is 7.91. The fraction of sp³-hybridized carbons (Fsp3) is 0.318. The van der Waals surface area contributed by atoms with Gasteiger partial charge in [0.15, 0.2) is 0 Å². The molecule has 1 aromatic heterocycles. The smallest absolute Gasteiger partial charge is 0.255 e. The number of carbonyl (C=O) groups is 1. The highest BCUT2D eigenvalue weighted by atomic mass is 16.2. The minimum atomic E-state index is -0.260. The van der Waals surface area contributed by atoms with Crippen LogP contribution in [-0.4, -0.2) is 20.9 Å². The number of hydrogen-bond donors (Lipinski definition) is 0. The van der Waals surface area contributed by atoms with Gasteiger partial charge < -0.3 is 9.47 Å². The Labute approximate surface area is 148 Å². The number of nitrogens with zero attached hydrogens (tertiary/aromatic N) is 2. The summed E-state index contributed by atoms with van der Waals surface area (Å²) in [6, 6.07) is 16.5. The number of para-hydroxylation sites is 1. The fourth-order valence-corrected chi connectivity index (χ4v) is 4.19. The largest absolute Gasteiger partial charge is 0.348 e. The Morgan fingerprint density at radius 2 is 1.60 bits per heavy atom. The molecule has 0 spiro atoms. The predicted molar refractivity (Wildman–Crippen MR) is 102 cm³/mol. The van der Waals surface area contributed by atoms with Crippen LogP contribution >= 0.6 is 0 Å². The maximum absolute atomic E-state index is 13.2. The highest BCUT2D eigenvalue weighted by molar-refractivity contribution is 6.01. The normalized spacial score (nSPS) is 17.4. The number of benzene rings is 2. The van der Waals surface area contributed by atoms with E-state index in [1.807, 2.05) is 23.1 Å². The third-order valence-electron chi connectivity index (χ3n) is 5.41. The molecule has 1 aliphatic rings. The van der Waals surface area contributed by atoms with Gasteiger partial charge in [-0.25, -0.2) is 0 Å². The second kappa shape index (κ2) is 5.22. The summed E-state index contributed by atoms with van der Waals surface area (Å²) < 4.78 is 2.23. The summed E-state index contributed by atoms with van der Waals surface area (Å²) in [6.07, 6.45) is 0. The molecule has 1 aliphatic heterocycles. The van der Waals surface area contributed by atoms with Gasteiger partial charge in [-0.05, 0) is 45.4 Å². The molecule has 0 N–H and O–H groups in total. The molecule has 1 amide bonds. The zero-order valence-corrected chi connectivity index (χ0v) is 15.5. The third-order valence-corrected chi connectivity index (χ3v) is 5.41. The molecule has 1 atom stereocenters. The highest BCUT2D eigenvalue weighted by Crippen LogP contribution is 2.46. The van der Waals surface area contributed by atoms with Gasteiger partial charge in [0.2, 0.25) is 0 Å². The number of hydrogen-bond acceptors (Lipinski definition) is 1. The van der Waals surface area contributed by atoms with Crippen molar-refractivity contribution in [3.8, 4) is 0 Å². The van der Waals surface area contributed by atoms with Crippen molar-refractivity contribution in [3.05, 3.63) is 70.9 Å². The van der Waals surface area contributed by atoms with Crippen LogP contribution in [0, 0.1) is 6.92 Å². The van der Waals surface area contributed by atoms with E-state index in [9.17, 15) is 4.79 Å². The maximum atomic E-state index is 13.2. The molecule has 0 radical (unpaired) electrons. The van der Waals surface area contributed by atoms with E-state index >= 15 is 0 Å². The topological polar surface area (TPSA) is 25.2 Å². The Bertz CT molecular complexity index is 991. The number of carbonyl (C=O) groups excluding carboxylic acids is 1. The number of aromatic nitrogens is 1. The first-order valence-corrected chi connectivity index (χ1v) is 8.79. The lowest BCUT2D eigenvalue weighted by Crippen LogP contribution is -2.44. The Morgan fingerprint density at radius 3 is 2.32 bits per heavy atom. The van der Waals surface area contributed by atoms with Gasteiger partial charge in [-0.3, -0.25) is 4.79 Å². The quantitative estimate of drug-likeness (QED) is 0.626. The summed E-state index contributed by atoms with van der Waals surface area (Å²) in [5, 5.41) is 1.23. The van der Waals surface area contributed by atoms with Crippen LogP contribution < -0.4 is 0 Å². The summed E-state index contributed by atoms with van der Waals surface area (Å²) in [4.78, 5) is 15.2. The third kappa shape index (κ3) is 2.15. The van der Waals surface area contributed by atoms with E-state index in [0.717, 1.165) is 11.1 Å². The highest BCUT2D eigenvalue weighted by Gasteiger charge is 2.44. The molecular weight excluding hydrogens is 308 g/mol. The Hall–Kier alpha value is -2.55. The van der Waals surface area contributed by atoms with Crippen molar-refractivity contribution in [3.63, 3.8) is 0 Å². The summed E-state index contributed by atoms with van der Waals surface area (Å²) >= 11 is 0. The Balaban J connectivity index is 2.07. The Morgan fingerprint density at radius 1 is 0.960 bits per heavy atom. The van der Waals surface area contributed by atoms with Crippen LogP contribution in [0.1, 0.15) is 54.0 Å². The minimum Gasteiger partial charge on any atom is -0.348 e. The summed E-state index contributed by atoms with van der Waals surface area (Å²) in [5.74, 6) is 0.125. The SMILES string of the molecule is Cc1c([C@@H]2c3ccccc3C(=O)N2C(C)(C)C)c2ccccc2n1C. The number of aryl methyl sites for hydroxylation is 1. The summed E-state index contributed by atoms with van der Waals surface area (Å²) in [7, 11) is 2.10. The van der Waals surface area contributed by atoms with Crippen molar-refractivity contribution in [2.24, 2.45) is 7.05 Å². The molecule has 0 aliphatic carbocycles. The monoisotopic (exact) mass is 332 g/mol. The van der Waals surface area contributed by atoms with E-state index in [1.54, 1.807) is 0 Å². The van der Waals surface area contributed by atoms with Crippen LogP contribution in [0.3, 0.4) is 0 Å². The van der Waals surface area contributed by atoms with Crippen molar-refractivity contribution in [2.45, 2.75) is 39.3 Å². The van der Waals surface area contributed by atoms with Gasteiger partial charge in [0.1, 0.15) is 0 Å². The molecule has 0 fully saturated rings. The number of amides is 1. The second-order valence-electron chi connectivity index (χ2n) is 7.91. The van der Waals surface area contributed by atoms with Crippen molar-refractivity contribution >= 4 is 16.8 Å². The molecule has 2 heterocycles. The van der Waals surface area contributed by atoms with Gasteiger partial charge in [-0.15, -0.1) is 0 Å². The first kappa shape index (κ1) is 15.9. The van der Waals surface area contributed by atoms with E-state index in [-0.39, 0.29) is 17.5 Å². The first-order valence-electron chi connectivity index (χ1n) is 8.79. The molecule has 25 heavy (non-hydrogen) atoms. The molecule has 0 saturated heterocycles. The number of rotatable bonds is 1. The molecule has 3 nitrogen and oxygen atoms in total. The van der Waals surface area contributed by atoms with Crippen LogP contribution in [0.2, 0.25) is 0 Å². The molecule has 3 heteroatoms. The van der Waals surface area contributed by atoms with Crippen molar-refractivity contribution in [1.82, 2.24) is 9.47 Å². The first-order chi connectivity index (χ1) is 11.8. The lowest BCUT2D eigenvalue weighted by atomic mass is 9.93. The van der Waals surface area contributed by atoms with Crippen molar-refractivity contribution in [1.29, 1.82) is 0 Å². The Kier molecular flexibility index (Phi) is 3.33. The molecule has 4 rings (SSSR count). The maximum Gasteiger partial charge on any atom is 0.255 e. The molecule has 0 bridgehead atoms. The van der Waals surface area contributed by atoms with Crippen LogP contribution in [0.25, 0.3) is 10.9 Å². The molecule has 3 aromatic rings. The average molecular weight is 332 g/mol. The molecule has 2 aromatic carbocycles. The van der Waals surface area contributed by atoms with Crippen LogP contribution in [0.5, 0.6) is 0 Å². The van der Waals surface area contributed by atoms with E-state index in [0.29, 0.717) is 0 Å². The lowest BCUT2D eigenvalue weighted by molar-refractivity contribution is 0.0552. The van der Waals surface area contributed by atoms with Crippen LogP contribution in [0.4, 0.5) is 0 Å². The summed E-state index contributed by atoms with van der Waals surface area (Å²) in [5.41, 5.74) is 5.35. The molecule has 0 unspecified atom stereocenters. The van der Waals surface area contributed by atoms with Gasteiger partial charge in [-0.2, -0.15) is 0 Å². The summed E-state index contributed by atoms with van der Waals surface area (Å²) in [6.45, 7) is 8.50. The zero-order valence-electron chi connectivity index (χ0n) is 15.5. The standard InChI is InChI=1S/C22H24N2O/c1-14-19(17-12-8-9-13-18(17)23(14)5)20-15-10-6-7-11-16(15)21(25)24(20)22(2,3)4/h6-13,20H,1-5H3/t20-/m0/s1. The number of fused-ring (bicyclic) bond motifs is 2. The average Bonchev–Trinajstić information content (AvgIpc) is 3.01. The predicted octanol–water partition coefficient (Wildman–Crippen LogP) is 4.83. The van der Waals surface area contributed by atoms with Gasteiger partial charge in [0, 0.05) is 40.3 Å². The molecular formula is C22H24N2O. The van der Waals surface area contributed by atoms with Gasteiger partial charge in [0.25, 0.3) is 5.91 Å². The van der Waals surface area contributed by atoms with Crippen molar-refractivity contribution < 1.29 is 4.79 Å². The van der Waals surface area contributed by atoms with Crippen LogP contribution in [0.15, 0.2) is 48.5 Å². The van der Waals surface area contributed by atoms with Gasteiger partial charge >= 0.3 is 0 Å². The molecule has 128 valence electrons. The van der Waals surface area contributed by atoms with Crippen LogP contribution in [-0.2, 0) is 7.05 Å². The lowest BCUT2D eigenvalue weighted by Gasteiger charge is -2.38. The van der Waals surface area contributed by atoms with E-state index < -0.39 is 0 Å². The van der Waals surface area contributed by atoms with E-state index in [4.69, 9.17) is 0 Å². The minimum absolute atomic E-state index is 0.0465. The van der Waals surface area contributed by atoms with E-state index in [2.05, 4.69) is 69.6 Å². The molecule has 0 saturated carbocycles. The zero-order chi connectivity index (χ0) is 17.9. The van der Waals surface area contributed by atoms with Gasteiger partial charge in [-0.1, -0.05) is 36.4 Å².